The first kappa shape index (κ1) is 14.4. The minimum absolute atomic E-state index is 0.0537. The second-order valence-electron chi connectivity index (χ2n) is 4.77. The third-order valence-corrected chi connectivity index (χ3v) is 4.34. The number of amides is 2. The van der Waals surface area contributed by atoms with E-state index in [4.69, 9.17) is 4.74 Å². The Bertz CT molecular complexity index is 354. The molecule has 0 unspecified atom stereocenters. The maximum atomic E-state index is 12.1. The highest BCUT2D eigenvalue weighted by Crippen LogP contribution is 2.17. The third-order valence-electron chi connectivity index (χ3n) is 3.40. The van der Waals surface area contributed by atoms with Gasteiger partial charge in [0.25, 0.3) is 0 Å². The fraction of sp³-hybridized carbons (Fsp3) is 0.692. The average molecular weight is 284 g/mol. The smallest absolute Gasteiger partial charge is 0.242 e. The summed E-state index contributed by atoms with van der Waals surface area (Å²) in [6, 6.07) is 0. The van der Waals surface area contributed by atoms with E-state index < -0.39 is 0 Å². The average Bonchev–Trinajstić information content (AvgIpc) is 2.82. The van der Waals surface area contributed by atoms with Crippen molar-refractivity contribution in [1.29, 1.82) is 0 Å². The molecule has 0 saturated carbocycles. The Kier molecular flexibility index (Phi) is 5.27. The molecule has 2 rings (SSSR count). The van der Waals surface area contributed by atoms with E-state index in [1.807, 2.05) is 4.90 Å². The fourth-order valence-electron chi connectivity index (χ4n) is 2.28. The zero-order valence-electron chi connectivity index (χ0n) is 11.0. The summed E-state index contributed by atoms with van der Waals surface area (Å²) in [5, 5.41) is 0. The Hall–Kier alpha value is -1.01. The van der Waals surface area contributed by atoms with Gasteiger partial charge in [0.05, 0.1) is 24.3 Å². The van der Waals surface area contributed by atoms with Crippen LogP contribution in [0.4, 0.5) is 0 Å². The Labute approximate surface area is 117 Å². The van der Waals surface area contributed by atoms with Gasteiger partial charge in [0.2, 0.25) is 11.8 Å². The molecule has 0 N–H and O–H groups in total. The van der Waals surface area contributed by atoms with E-state index in [1.165, 1.54) is 0 Å². The van der Waals surface area contributed by atoms with E-state index in [0.717, 1.165) is 25.9 Å². The molecule has 0 spiro atoms. The molecule has 106 valence electrons. The van der Waals surface area contributed by atoms with Crippen LogP contribution in [-0.2, 0) is 14.3 Å². The summed E-state index contributed by atoms with van der Waals surface area (Å²) in [6.07, 6.45) is 3.70. The molecule has 0 atom stereocenters. The van der Waals surface area contributed by atoms with Gasteiger partial charge in [0.1, 0.15) is 6.54 Å². The number of thioether (sulfide) groups is 1. The molecule has 0 aromatic rings. The number of carbonyl (C=O) groups is 2. The lowest BCUT2D eigenvalue weighted by Crippen LogP contribution is -2.45. The van der Waals surface area contributed by atoms with E-state index >= 15 is 0 Å². The Morgan fingerprint density at radius 3 is 2.79 bits per heavy atom. The van der Waals surface area contributed by atoms with Crippen molar-refractivity contribution in [3.05, 3.63) is 12.7 Å². The predicted octanol–water partition coefficient (Wildman–Crippen LogP) is 0.713. The summed E-state index contributed by atoms with van der Waals surface area (Å²) in [6.45, 7) is 5.85. The van der Waals surface area contributed by atoms with Crippen LogP contribution < -0.4 is 0 Å². The molecular weight excluding hydrogens is 264 g/mol. The monoisotopic (exact) mass is 284 g/mol. The molecular formula is C13H20N2O3S. The highest BCUT2D eigenvalue weighted by Gasteiger charge is 2.27. The van der Waals surface area contributed by atoms with Crippen LogP contribution in [0.3, 0.4) is 0 Å². The zero-order chi connectivity index (χ0) is 13.7. The van der Waals surface area contributed by atoms with Gasteiger partial charge < -0.3 is 14.5 Å². The van der Waals surface area contributed by atoms with E-state index in [1.54, 1.807) is 22.7 Å². The molecule has 0 radical (unpaired) electrons. The number of carbonyl (C=O) groups excluding carboxylic acids is 2. The van der Waals surface area contributed by atoms with Crippen LogP contribution in [0.2, 0.25) is 0 Å². The molecule has 2 heterocycles. The number of rotatable bonds is 5. The molecule has 2 fully saturated rings. The summed E-state index contributed by atoms with van der Waals surface area (Å²) >= 11 is 1.56. The van der Waals surface area contributed by atoms with Gasteiger partial charge in [-0.05, 0) is 12.8 Å². The van der Waals surface area contributed by atoms with Gasteiger partial charge in [0.15, 0.2) is 0 Å². The zero-order valence-corrected chi connectivity index (χ0v) is 11.9. The molecule has 6 heteroatoms. The first-order valence-corrected chi connectivity index (χ1v) is 7.72. The van der Waals surface area contributed by atoms with Crippen LogP contribution in [0, 0.1) is 0 Å². The van der Waals surface area contributed by atoms with Gasteiger partial charge in [-0.1, -0.05) is 6.08 Å². The second kappa shape index (κ2) is 6.96. The van der Waals surface area contributed by atoms with Gasteiger partial charge in [-0.3, -0.25) is 9.59 Å². The fourth-order valence-corrected chi connectivity index (χ4v) is 3.18. The largest absolute Gasteiger partial charge is 0.374 e. The summed E-state index contributed by atoms with van der Waals surface area (Å²) in [7, 11) is 0. The van der Waals surface area contributed by atoms with Crippen molar-refractivity contribution in [2.45, 2.75) is 18.9 Å². The SMILES string of the molecule is C=CCOC1CCN(C(=O)CN2CSCC2=O)CC1. The highest BCUT2D eigenvalue weighted by atomic mass is 32.2. The molecule has 2 aliphatic heterocycles. The number of likely N-dealkylation sites (tertiary alicyclic amines) is 1. The summed E-state index contributed by atoms with van der Waals surface area (Å²) < 4.78 is 5.59. The number of nitrogens with zero attached hydrogens (tertiary/aromatic N) is 2. The third kappa shape index (κ3) is 3.98. The minimum atomic E-state index is 0.0537. The lowest BCUT2D eigenvalue weighted by Gasteiger charge is -2.32. The number of piperidine rings is 1. The maximum absolute atomic E-state index is 12.1. The minimum Gasteiger partial charge on any atom is -0.374 e. The summed E-state index contributed by atoms with van der Waals surface area (Å²) in [4.78, 5) is 27.0. The molecule has 0 aromatic carbocycles. The summed E-state index contributed by atoms with van der Waals surface area (Å²) in [5.74, 6) is 1.27. The Morgan fingerprint density at radius 2 is 2.21 bits per heavy atom. The highest BCUT2D eigenvalue weighted by molar-refractivity contribution is 8.00. The van der Waals surface area contributed by atoms with Crippen molar-refractivity contribution < 1.29 is 14.3 Å². The van der Waals surface area contributed by atoms with Gasteiger partial charge in [-0.2, -0.15) is 0 Å². The van der Waals surface area contributed by atoms with Crippen molar-refractivity contribution in [3.8, 4) is 0 Å². The number of hydrogen-bond acceptors (Lipinski definition) is 4. The topological polar surface area (TPSA) is 49.9 Å². The lowest BCUT2D eigenvalue weighted by atomic mass is 10.1. The number of ether oxygens (including phenoxy) is 1. The molecule has 2 aliphatic rings. The van der Waals surface area contributed by atoms with Gasteiger partial charge in [0, 0.05) is 13.1 Å². The van der Waals surface area contributed by atoms with E-state index in [-0.39, 0.29) is 24.5 Å². The van der Waals surface area contributed by atoms with Gasteiger partial charge in [-0.15, -0.1) is 18.3 Å². The number of hydrogen-bond donors (Lipinski definition) is 0. The molecule has 2 amide bonds. The standard InChI is InChI=1S/C13H20N2O3S/c1-2-7-18-11-3-5-14(6-4-11)12(16)8-15-10-19-9-13(15)17/h2,11H,1,3-10H2. The molecule has 0 aliphatic carbocycles. The molecule has 0 aromatic heterocycles. The second-order valence-corrected chi connectivity index (χ2v) is 5.73. The van der Waals surface area contributed by atoms with Crippen molar-refractivity contribution in [3.63, 3.8) is 0 Å². The van der Waals surface area contributed by atoms with Crippen LogP contribution >= 0.6 is 11.8 Å². The van der Waals surface area contributed by atoms with Crippen LogP contribution in [0.5, 0.6) is 0 Å². The predicted molar refractivity (Wildman–Crippen MR) is 74.8 cm³/mol. The lowest BCUT2D eigenvalue weighted by molar-refractivity contribution is -0.139. The van der Waals surface area contributed by atoms with Crippen molar-refractivity contribution in [2.24, 2.45) is 0 Å². The summed E-state index contributed by atoms with van der Waals surface area (Å²) in [5.41, 5.74) is 0. The maximum Gasteiger partial charge on any atom is 0.242 e. The van der Waals surface area contributed by atoms with Gasteiger partial charge in [-0.25, -0.2) is 0 Å². The van der Waals surface area contributed by atoms with Crippen LogP contribution in [0.1, 0.15) is 12.8 Å². The molecule has 5 nitrogen and oxygen atoms in total. The molecule has 0 bridgehead atoms. The van der Waals surface area contributed by atoms with E-state index in [2.05, 4.69) is 6.58 Å². The Balaban J connectivity index is 1.73. The quantitative estimate of drug-likeness (QED) is 0.698. The molecule has 19 heavy (non-hydrogen) atoms. The van der Waals surface area contributed by atoms with Crippen molar-refractivity contribution in [1.82, 2.24) is 9.80 Å². The Morgan fingerprint density at radius 1 is 1.47 bits per heavy atom. The van der Waals surface area contributed by atoms with E-state index in [0.29, 0.717) is 18.2 Å². The van der Waals surface area contributed by atoms with E-state index in [9.17, 15) is 9.59 Å². The van der Waals surface area contributed by atoms with Gasteiger partial charge >= 0.3 is 0 Å². The normalized spacial score (nSPS) is 20.9. The first-order valence-electron chi connectivity index (χ1n) is 6.56. The first-order chi connectivity index (χ1) is 9.20. The van der Waals surface area contributed by atoms with Crippen molar-refractivity contribution in [2.75, 3.05) is 37.9 Å². The van der Waals surface area contributed by atoms with Crippen LogP contribution in [-0.4, -0.2) is 65.6 Å². The van der Waals surface area contributed by atoms with Crippen LogP contribution in [0.15, 0.2) is 12.7 Å². The molecule has 2 saturated heterocycles. The van der Waals surface area contributed by atoms with Crippen molar-refractivity contribution >= 4 is 23.6 Å². The van der Waals surface area contributed by atoms with Crippen LogP contribution in [0.25, 0.3) is 0 Å².